The van der Waals surface area contributed by atoms with E-state index in [4.69, 9.17) is 20.4 Å². The van der Waals surface area contributed by atoms with Crippen molar-refractivity contribution in [2.75, 3.05) is 26.4 Å². The summed E-state index contributed by atoms with van der Waals surface area (Å²) in [6.07, 6.45) is 0. The van der Waals surface area contributed by atoms with Gasteiger partial charge in [0.2, 0.25) is 0 Å². The molecular weight excluding hydrogens is 376 g/mol. The maximum atomic E-state index is 10.2. The average molecular weight is 406 g/mol. The van der Waals surface area contributed by atoms with Crippen LogP contribution in [0.2, 0.25) is 0 Å². The number of hydrogen-bond acceptors (Lipinski definition) is 5. The van der Waals surface area contributed by atoms with Gasteiger partial charge in [0.15, 0.2) is 0 Å². The van der Waals surface area contributed by atoms with E-state index >= 15 is 0 Å². The zero-order chi connectivity index (χ0) is 22.9. The summed E-state index contributed by atoms with van der Waals surface area (Å²) in [5.41, 5.74) is 0.662. The molecule has 0 saturated heterocycles. The highest BCUT2D eigenvalue weighted by Gasteiger charge is 1.97. The average Bonchev–Trinajstić information content (AvgIpc) is 2.79. The topological polar surface area (TPSA) is 124 Å². The number of hydrogen-bond donors (Lipinski definition) is 4. The fourth-order valence-electron chi connectivity index (χ4n) is 1.39. The van der Waals surface area contributed by atoms with Crippen LogP contribution in [-0.2, 0) is 4.74 Å². The second-order valence-corrected chi connectivity index (χ2v) is 4.40. The third-order valence-electron chi connectivity index (χ3n) is 2.51. The molecule has 4 N–H and O–H groups in total. The van der Waals surface area contributed by atoms with E-state index in [1.165, 1.54) is 0 Å². The Bertz CT molecular complexity index is 560. The van der Waals surface area contributed by atoms with Gasteiger partial charge in [-0.05, 0) is 24.3 Å². The van der Waals surface area contributed by atoms with Crippen molar-refractivity contribution in [3.05, 3.63) is 98.1 Å². The predicted octanol–water partition coefficient (Wildman–Crippen LogP) is 3.36. The number of carboxylic acid groups (broad SMARTS) is 2. The minimum Gasteiger partial charge on any atom is -0.478 e. The number of aliphatic hydroxyl groups is 2. The summed E-state index contributed by atoms with van der Waals surface area (Å²) < 4.78 is 4.63. The standard InChI is InChI=1S/2C7H6O2.C4H10O3.2C2H4/c2*8-7(9)6-4-2-1-3-5-6;5-1-3-7-4-2-6;2*1-2/h2*1-5H,(H,8,9);5-6H,1-4H2;2*1-2H2. The van der Waals surface area contributed by atoms with Crippen molar-refractivity contribution < 1.29 is 34.8 Å². The summed E-state index contributed by atoms with van der Waals surface area (Å²) in [5, 5.41) is 32.9. The number of carbonyl (C=O) groups is 2. The van der Waals surface area contributed by atoms with Crippen LogP contribution in [0.1, 0.15) is 20.7 Å². The number of aromatic carboxylic acids is 2. The van der Waals surface area contributed by atoms with E-state index in [1.807, 2.05) is 0 Å². The van der Waals surface area contributed by atoms with Crippen LogP contribution in [0.15, 0.2) is 87.0 Å². The Morgan fingerprint density at radius 3 is 1.10 bits per heavy atom. The largest absolute Gasteiger partial charge is 0.478 e. The second-order valence-electron chi connectivity index (χ2n) is 4.40. The third-order valence-corrected chi connectivity index (χ3v) is 2.51. The summed E-state index contributed by atoms with van der Waals surface area (Å²) >= 11 is 0. The van der Waals surface area contributed by atoms with Crippen molar-refractivity contribution in [1.82, 2.24) is 0 Å². The van der Waals surface area contributed by atoms with E-state index < -0.39 is 11.9 Å². The first-order valence-corrected chi connectivity index (χ1v) is 8.39. The Morgan fingerprint density at radius 2 is 0.931 bits per heavy atom. The molecule has 2 aromatic rings. The lowest BCUT2D eigenvalue weighted by molar-refractivity contribution is 0.0650. The van der Waals surface area contributed by atoms with Gasteiger partial charge in [0.1, 0.15) is 0 Å². The molecule has 0 amide bonds. The van der Waals surface area contributed by atoms with Gasteiger partial charge >= 0.3 is 11.9 Å². The molecule has 29 heavy (non-hydrogen) atoms. The van der Waals surface area contributed by atoms with Crippen molar-refractivity contribution in [1.29, 1.82) is 0 Å². The molecule has 160 valence electrons. The Balaban J connectivity index is -0.000000324. The van der Waals surface area contributed by atoms with Crippen LogP contribution in [0.4, 0.5) is 0 Å². The van der Waals surface area contributed by atoms with Crippen LogP contribution >= 0.6 is 0 Å². The lowest BCUT2D eigenvalue weighted by Crippen LogP contribution is -2.03. The summed E-state index contributed by atoms with van der Waals surface area (Å²) in [7, 11) is 0. The smallest absolute Gasteiger partial charge is 0.335 e. The number of benzene rings is 2. The van der Waals surface area contributed by atoms with Gasteiger partial charge in [-0.15, -0.1) is 26.3 Å². The Labute approximate surface area is 171 Å². The van der Waals surface area contributed by atoms with E-state index in [0.717, 1.165) is 0 Å². The minimum atomic E-state index is -0.879. The van der Waals surface area contributed by atoms with Crippen LogP contribution in [0.25, 0.3) is 0 Å². The molecule has 0 aliphatic rings. The first-order chi connectivity index (χ1) is 14.0. The summed E-state index contributed by atoms with van der Waals surface area (Å²) in [5.74, 6) is -1.76. The molecule has 2 rings (SSSR count). The Kier molecular flexibility index (Phi) is 26.0. The fourth-order valence-corrected chi connectivity index (χ4v) is 1.39. The molecule has 0 saturated carbocycles. The van der Waals surface area contributed by atoms with Gasteiger partial charge in [0, 0.05) is 0 Å². The first-order valence-electron chi connectivity index (χ1n) is 8.39. The van der Waals surface area contributed by atoms with Crippen molar-refractivity contribution in [2.45, 2.75) is 0 Å². The molecule has 0 bridgehead atoms. The highest BCUT2D eigenvalue weighted by Crippen LogP contribution is 1.96. The number of ether oxygens (including phenoxy) is 1. The van der Waals surface area contributed by atoms with E-state index in [1.54, 1.807) is 60.7 Å². The SMILES string of the molecule is C=C.C=C.O=C(O)c1ccccc1.O=C(O)c1ccccc1.OCCOCCO. The van der Waals surface area contributed by atoms with Gasteiger partial charge in [-0.25, -0.2) is 9.59 Å². The Hall–Kier alpha value is -3.26. The van der Waals surface area contributed by atoms with Gasteiger partial charge in [-0.1, -0.05) is 36.4 Å². The molecular formula is C22H30O7. The van der Waals surface area contributed by atoms with Crippen LogP contribution < -0.4 is 0 Å². The molecule has 0 fully saturated rings. The highest BCUT2D eigenvalue weighted by atomic mass is 16.5. The molecule has 7 heteroatoms. The van der Waals surface area contributed by atoms with E-state index in [9.17, 15) is 9.59 Å². The summed E-state index contributed by atoms with van der Waals surface area (Å²) in [6, 6.07) is 16.6. The molecule has 0 spiro atoms. The van der Waals surface area contributed by atoms with Crippen LogP contribution in [0.5, 0.6) is 0 Å². The molecule has 0 heterocycles. The van der Waals surface area contributed by atoms with Crippen LogP contribution in [0, 0.1) is 0 Å². The maximum Gasteiger partial charge on any atom is 0.335 e. The zero-order valence-corrected chi connectivity index (χ0v) is 16.4. The van der Waals surface area contributed by atoms with Crippen LogP contribution in [0.3, 0.4) is 0 Å². The molecule has 0 aromatic heterocycles. The van der Waals surface area contributed by atoms with Crippen molar-refractivity contribution in [2.24, 2.45) is 0 Å². The fraction of sp³-hybridized carbons (Fsp3) is 0.182. The molecule has 0 aliphatic heterocycles. The molecule has 0 radical (unpaired) electrons. The third kappa shape index (κ3) is 20.9. The molecule has 0 atom stereocenters. The van der Waals surface area contributed by atoms with Gasteiger partial charge in [0.05, 0.1) is 37.6 Å². The number of rotatable bonds is 6. The van der Waals surface area contributed by atoms with Crippen molar-refractivity contribution in [3.63, 3.8) is 0 Å². The van der Waals surface area contributed by atoms with Gasteiger partial charge < -0.3 is 25.2 Å². The number of aliphatic hydroxyl groups excluding tert-OH is 2. The van der Waals surface area contributed by atoms with E-state index in [-0.39, 0.29) is 13.2 Å². The molecule has 2 aromatic carbocycles. The quantitative estimate of drug-likeness (QED) is 0.428. The lowest BCUT2D eigenvalue weighted by Gasteiger charge is -1.94. The lowest BCUT2D eigenvalue weighted by atomic mass is 10.2. The monoisotopic (exact) mass is 406 g/mol. The summed E-state index contributed by atoms with van der Waals surface area (Å²) in [4.78, 5) is 20.4. The number of carboxylic acids is 2. The zero-order valence-electron chi connectivity index (χ0n) is 16.4. The molecule has 0 unspecified atom stereocenters. The molecule has 0 aliphatic carbocycles. The van der Waals surface area contributed by atoms with Crippen LogP contribution in [-0.4, -0.2) is 58.8 Å². The van der Waals surface area contributed by atoms with E-state index in [0.29, 0.717) is 24.3 Å². The van der Waals surface area contributed by atoms with Gasteiger partial charge in [0.25, 0.3) is 0 Å². The van der Waals surface area contributed by atoms with Gasteiger partial charge in [-0.2, -0.15) is 0 Å². The minimum absolute atomic E-state index is 0.0278. The molecule has 7 nitrogen and oxygen atoms in total. The van der Waals surface area contributed by atoms with Crippen molar-refractivity contribution >= 4 is 11.9 Å². The van der Waals surface area contributed by atoms with Crippen molar-refractivity contribution in [3.8, 4) is 0 Å². The second kappa shape index (κ2) is 24.7. The normalized spacial score (nSPS) is 8.07. The van der Waals surface area contributed by atoms with Gasteiger partial charge in [-0.3, -0.25) is 0 Å². The highest BCUT2D eigenvalue weighted by molar-refractivity contribution is 5.87. The summed E-state index contributed by atoms with van der Waals surface area (Å²) in [6.45, 7) is 12.7. The Morgan fingerprint density at radius 1 is 0.655 bits per heavy atom. The maximum absolute atomic E-state index is 10.2. The first kappa shape index (κ1) is 30.5. The predicted molar refractivity (Wildman–Crippen MR) is 114 cm³/mol. The van der Waals surface area contributed by atoms with E-state index in [2.05, 4.69) is 31.1 Å².